The first-order chi connectivity index (χ1) is 6.74. The molecule has 0 bridgehead atoms. The molecule has 1 heterocycles. The number of fused-ring (bicyclic) bond motifs is 1. The third-order valence-corrected chi connectivity index (χ3v) is 2.80. The van der Waals surface area contributed by atoms with Crippen molar-refractivity contribution in [2.45, 2.75) is 13.3 Å². The Bertz CT molecular complexity index is 349. The van der Waals surface area contributed by atoms with Gasteiger partial charge in [0.2, 0.25) is 0 Å². The third-order valence-electron chi connectivity index (χ3n) is 2.80. The molecule has 1 aliphatic heterocycles. The topological polar surface area (TPSA) is 43.7 Å². The summed E-state index contributed by atoms with van der Waals surface area (Å²) in [4.78, 5) is 2.11. The number of nitrogens with zero attached hydrogens (tertiary/aromatic N) is 1. The summed E-state index contributed by atoms with van der Waals surface area (Å²) in [5.74, 6) is 0.419. The zero-order chi connectivity index (χ0) is 10.1. The number of hydrogen-bond donors (Lipinski definition) is 2. The van der Waals surface area contributed by atoms with E-state index in [1.807, 2.05) is 19.1 Å². The largest absolute Gasteiger partial charge is 0.507 e. The van der Waals surface area contributed by atoms with Crippen molar-refractivity contribution in [2.75, 3.05) is 24.6 Å². The van der Waals surface area contributed by atoms with E-state index in [2.05, 4.69) is 4.90 Å². The van der Waals surface area contributed by atoms with Crippen LogP contribution in [0.2, 0.25) is 0 Å². The number of anilines is 1. The number of rotatable bonds is 2. The normalized spacial score (nSPS) is 14.6. The lowest BCUT2D eigenvalue weighted by atomic mass is 10.1. The summed E-state index contributed by atoms with van der Waals surface area (Å²) in [5.41, 5.74) is 3.02. The summed E-state index contributed by atoms with van der Waals surface area (Å²) < 4.78 is 0. The molecule has 3 heteroatoms. The van der Waals surface area contributed by atoms with Crippen LogP contribution in [0.1, 0.15) is 11.1 Å². The molecule has 1 aliphatic rings. The Balaban J connectivity index is 2.37. The predicted octanol–water partition coefficient (Wildman–Crippen LogP) is 1.06. The second-order valence-corrected chi connectivity index (χ2v) is 3.69. The number of aryl methyl sites for hydroxylation is 1. The van der Waals surface area contributed by atoms with Crippen LogP contribution in [-0.2, 0) is 6.42 Å². The Hall–Kier alpha value is -1.22. The zero-order valence-electron chi connectivity index (χ0n) is 8.32. The molecule has 0 atom stereocenters. The molecule has 0 aromatic heterocycles. The van der Waals surface area contributed by atoms with Crippen LogP contribution in [0.25, 0.3) is 0 Å². The number of aliphatic hydroxyl groups is 1. The third kappa shape index (κ3) is 1.34. The number of β-amino-alcohol motifs (C(OH)–C–C–N with tert-alkyl or cyclic N) is 1. The van der Waals surface area contributed by atoms with E-state index in [0.29, 0.717) is 12.3 Å². The van der Waals surface area contributed by atoms with E-state index >= 15 is 0 Å². The molecule has 0 fully saturated rings. The molecule has 1 aromatic carbocycles. The standard InChI is InChI=1S/C11H15NO2/c1-8-2-3-10-9(11(8)14)4-5-12(10)6-7-13/h2-3,13-14H,4-7H2,1H3. The maximum Gasteiger partial charge on any atom is 0.123 e. The highest BCUT2D eigenvalue weighted by Gasteiger charge is 2.21. The maximum absolute atomic E-state index is 9.82. The molecular weight excluding hydrogens is 178 g/mol. The van der Waals surface area contributed by atoms with Gasteiger partial charge in [-0.05, 0) is 25.0 Å². The second-order valence-electron chi connectivity index (χ2n) is 3.69. The number of aromatic hydroxyl groups is 1. The average Bonchev–Trinajstić information content (AvgIpc) is 2.57. The van der Waals surface area contributed by atoms with Gasteiger partial charge in [0.05, 0.1) is 6.61 Å². The molecule has 0 aliphatic carbocycles. The molecule has 2 rings (SSSR count). The van der Waals surface area contributed by atoms with Crippen molar-refractivity contribution in [3.05, 3.63) is 23.3 Å². The van der Waals surface area contributed by atoms with Gasteiger partial charge in [-0.25, -0.2) is 0 Å². The lowest BCUT2D eigenvalue weighted by molar-refractivity contribution is 0.303. The first kappa shape index (κ1) is 9.34. The number of phenols is 1. The zero-order valence-corrected chi connectivity index (χ0v) is 8.32. The number of aliphatic hydroxyl groups excluding tert-OH is 1. The van der Waals surface area contributed by atoms with Gasteiger partial charge in [-0.15, -0.1) is 0 Å². The van der Waals surface area contributed by atoms with Crippen molar-refractivity contribution in [3.63, 3.8) is 0 Å². The first-order valence-corrected chi connectivity index (χ1v) is 4.91. The molecule has 14 heavy (non-hydrogen) atoms. The van der Waals surface area contributed by atoms with E-state index < -0.39 is 0 Å². The highest BCUT2D eigenvalue weighted by molar-refractivity contribution is 5.64. The van der Waals surface area contributed by atoms with Gasteiger partial charge in [0, 0.05) is 24.3 Å². The number of phenolic OH excluding ortho intramolecular Hbond substituents is 1. The van der Waals surface area contributed by atoms with Crippen LogP contribution in [0.15, 0.2) is 12.1 Å². The molecule has 0 amide bonds. The molecule has 0 spiro atoms. The molecule has 2 N–H and O–H groups in total. The van der Waals surface area contributed by atoms with Crippen molar-refractivity contribution >= 4 is 5.69 Å². The SMILES string of the molecule is Cc1ccc2c(c1O)CCN2CCO. The maximum atomic E-state index is 9.82. The second kappa shape index (κ2) is 3.50. The first-order valence-electron chi connectivity index (χ1n) is 4.91. The molecule has 0 saturated heterocycles. The van der Waals surface area contributed by atoms with Crippen molar-refractivity contribution in [3.8, 4) is 5.75 Å². The fourth-order valence-electron chi connectivity index (χ4n) is 2.01. The Labute approximate surface area is 83.6 Å². The summed E-state index contributed by atoms with van der Waals surface area (Å²) in [6.45, 7) is 3.61. The summed E-state index contributed by atoms with van der Waals surface area (Å²) in [6, 6.07) is 3.94. The highest BCUT2D eigenvalue weighted by atomic mass is 16.3. The minimum atomic E-state index is 0.161. The smallest absolute Gasteiger partial charge is 0.123 e. The predicted molar refractivity (Wildman–Crippen MR) is 55.8 cm³/mol. The molecular formula is C11H15NO2. The highest BCUT2D eigenvalue weighted by Crippen LogP contribution is 2.36. The van der Waals surface area contributed by atoms with Crippen LogP contribution < -0.4 is 4.90 Å². The molecule has 76 valence electrons. The van der Waals surface area contributed by atoms with E-state index in [1.165, 1.54) is 0 Å². The van der Waals surface area contributed by atoms with E-state index in [4.69, 9.17) is 5.11 Å². The van der Waals surface area contributed by atoms with E-state index in [1.54, 1.807) is 0 Å². The van der Waals surface area contributed by atoms with Crippen molar-refractivity contribution in [1.29, 1.82) is 0 Å². The molecule has 0 saturated carbocycles. The molecule has 1 aromatic rings. The van der Waals surface area contributed by atoms with Gasteiger partial charge in [-0.2, -0.15) is 0 Å². The molecule has 0 unspecified atom stereocenters. The summed E-state index contributed by atoms with van der Waals surface area (Å²) in [5, 5.41) is 18.7. The van der Waals surface area contributed by atoms with Crippen LogP contribution in [0, 0.1) is 6.92 Å². The van der Waals surface area contributed by atoms with Gasteiger partial charge in [0.25, 0.3) is 0 Å². The van der Waals surface area contributed by atoms with E-state index in [0.717, 1.165) is 29.8 Å². The molecule has 3 nitrogen and oxygen atoms in total. The van der Waals surface area contributed by atoms with Gasteiger partial charge >= 0.3 is 0 Å². The van der Waals surface area contributed by atoms with Crippen molar-refractivity contribution < 1.29 is 10.2 Å². The van der Waals surface area contributed by atoms with Crippen LogP contribution in [0.4, 0.5) is 5.69 Å². The Morgan fingerprint density at radius 2 is 2.21 bits per heavy atom. The van der Waals surface area contributed by atoms with Crippen molar-refractivity contribution in [2.24, 2.45) is 0 Å². The van der Waals surface area contributed by atoms with Gasteiger partial charge in [0.1, 0.15) is 5.75 Å². The lowest BCUT2D eigenvalue weighted by Gasteiger charge is -2.18. The van der Waals surface area contributed by atoms with E-state index in [-0.39, 0.29) is 6.61 Å². The quantitative estimate of drug-likeness (QED) is 0.738. The minimum absolute atomic E-state index is 0.161. The van der Waals surface area contributed by atoms with Crippen LogP contribution in [0.5, 0.6) is 5.75 Å². The Morgan fingerprint density at radius 1 is 1.43 bits per heavy atom. The van der Waals surface area contributed by atoms with Gasteiger partial charge in [-0.3, -0.25) is 0 Å². The fourth-order valence-corrected chi connectivity index (χ4v) is 2.01. The molecule has 0 radical (unpaired) electrons. The Morgan fingerprint density at radius 3 is 2.93 bits per heavy atom. The fraction of sp³-hybridized carbons (Fsp3) is 0.455. The Kier molecular flexibility index (Phi) is 2.33. The summed E-state index contributed by atoms with van der Waals surface area (Å²) in [7, 11) is 0. The number of hydrogen-bond acceptors (Lipinski definition) is 3. The summed E-state index contributed by atoms with van der Waals surface area (Å²) in [6.07, 6.45) is 0.878. The van der Waals surface area contributed by atoms with Crippen LogP contribution in [-0.4, -0.2) is 29.9 Å². The monoisotopic (exact) mass is 193 g/mol. The average molecular weight is 193 g/mol. The lowest BCUT2D eigenvalue weighted by Crippen LogP contribution is -2.23. The van der Waals surface area contributed by atoms with E-state index in [9.17, 15) is 5.11 Å². The van der Waals surface area contributed by atoms with Gasteiger partial charge in [-0.1, -0.05) is 6.07 Å². The van der Waals surface area contributed by atoms with Gasteiger partial charge < -0.3 is 15.1 Å². The van der Waals surface area contributed by atoms with Crippen LogP contribution in [0.3, 0.4) is 0 Å². The summed E-state index contributed by atoms with van der Waals surface area (Å²) >= 11 is 0. The number of benzene rings is 1. The van der Waals surface area contributed by atoms with Gasteiger partial charge in [0.15, 0.2) is 0 Å². The minimum Gasteiger partial charge on any atom is -0.507 e. The van der Waals surface area contributed by atoms with Crippen LogP contribution >= 0.6 is 0 Å². The van der Waals surface area contributed by atoms with Crippen molar-refractivity contribution in [1.82, 2.24) is 0 Å².